The van der Waals surface area contributed by atoms with Crippen molar-refractivity contribution in [3.63, 3.8) is 0 Å². The van der Waals surface area contributed by atoms with Crippen LogP contribution < -0.4 is 10.1 Å². The lowest BCUT2D eigenvalue weighted by Crippen LogP contribution is -2.68. The summed E-state index contributed by atoms with van der Waals surface area (Å²) in [5, 5.41) is 13.9. The summed E-state index contributed by atoms with van der Waals surface area (Å²) in [4.78, 5) is 32.4. The van der Waals surface area contributed by atoms with Crippen LogP contribution in [0.1, 0.15) is 17.3 Å². The molecular weight excluding hydrogens is 455 g/mol. The number of urea groups is 1. The van der Waals surface area contributed by atoms with Crippen LogP contribution in [0.2, 0.25) is 0 Å². The third kappa shape index (κ3) is 3.78. The third-order valence-corrected chi connectivity index (χ3v) is 6.90. The van der Waals surface area contributed by atoms with Gasteiger partial charge >= 0.3 is 6.03 Å². The number of aromatic amines is 1. The number of aliphatic hydroxyl groups is 1. The van der Waals surface area contributed by atoms with Crippen LogP contribution in [0.25, 0.3) is 10.9 Å². The van der Waals surface area contributed by atoms with Crippen LogP contribution >= 0.6 is 0 Å². The highest BCUT2D eigenvalue weighted by atomic mass is 19.1. The van der Waals surface area contributed by atoms with E-state index in [4.69, 9.17) is 9.47 Å². The Morgan fingerprint density at radius 3 is 2.66 bits per heavy atom. The summed E-state index contributed by atoms with van der Waals surface area (Å²) >= 11 is 0. The number of anilines is 1. The van der Waals surface area contributed by atoms with E-state index in [9.17, 15) is 19.1 Å². The number of nitrogens with one attached hydrogen (secondary N) is 2. The number of ether oxygens (including phenoxy) is 2. The van der Waals surface area contributed by atoms with Gasteiger partial charge in [0.1, 0.15) is 18.2 Å². The van der Waals surface area contributed by atoms with Gasteiger partial charge < -0.3 is 34.7 Å². The highest BCUT2D eigenvalue weighted by Crippen LogP contribution is 2.48. The summed E-state index contributed by atoms with van der Waals surface area (Å²) in [5.74, 6) is -0.00956. The number of para-hydroxylation sites is 1. The summed E-state index contributed by atoms with van der Waals surface area (Å²) in [6, 6.07) is 10.4. The molecule has 0 aliphatic carbocycles. The second-order valence-corrected chi connectivity index (χ2v) is 9.02. The Labute approximate surface area is 201 Å². The number of amides is 3. The topological polar surface area (TPSA) is 107 Å². The standard InChI is InChI=1S/C25H27FN4O5/c1-34-11-21(32)29-12-25(13-29)14-30(24(33)28-18-6-4-3-5-17(18)26)20(10-31)23-22(25)16-8-7-15(35-2)9-19(16)27-23/h3-9,20,27,31H,10-14H2,1-2H3,(H,28,33)/t20-/m0/s1. The number of aliphatic hydroxyl groups excluding tert-OH is 1. The molecule has 0 bridgehead atoms. The molecule has 3 heterocycles. The Morgan fingerprint density at radius 1 is 1.20 bits per heavy atom. The van der Waals surface area contributed by atoms with Crippen molar-refractivity contribution in [3.05, 3.63) is 59.5 Å². The van der Waals surface area contributed by atoms with Crippen molar-refractivity contribution in [2.24, 2.45) is 0 Å². The number of H-pyrrole nitrogens is 1. The van der Waals surface area contributed by atoms with Crippen LogP contribution in [0.5, 0.6) is 5.75 Å². The van der Waals surface area contributed by atoms with Crippen molar-refractivity contribution >= 4 is 28.5 Å². The molecule has 0 radical (unpaired) electrons. The maximum absolute atomic E-state index is 14.2. The van der Waals surface area contributed by atoms with Gasteiger partial charge in [-0.05, 0) is 29.8 Å². The molecule has 2 aromatic carbocycles. The Kier molecular flexibility index (Phi) is 5.86. The fraction of sp³-hybridized carbons (Fsp3) is 0.360. The van der Waals surface area contributed by atoms with Gasteiger partial charge in [-0.2, -0.15) is 0 Å². The van der Waals surface area contributed by atoms with E-state index < -0.39 is 23.3 Å². The first-order valence-electron chi connectivity index (χ1n) is 11.3. The molecule has 9 nitrogen and oxygen atoms in total. The number of likely N-dealkylation sites (tertiary alicyclic amines) is 1. The number of aromatic nitrogens is 1. The lowest BCUT2D eigenvalue weighted by Gasteiger charge is -2.56. The normalized spacial score (nSPS) is 18.3. The summed E-state index contributed by atoms with van der Waals surface area (Å²) < 4.78 is 24.6. The van der Waals surface area contributed by atoms with E-state index >= 15 is 0 Å². The fourth-order valence-corrected chi connectivity index (χ4v) is 5.30. The number of benzene rings is 2. The first-order chi connectivity index (χ1) is 16.9. The fourth-order valence-electron chi connectivity index (χ4n) is 5.30. The minimum atomic E-state index is -0.676. The Morgan fingerprint density at radius 2 is 1.97 bits per heavy atom. The van der Waals surface area contributed by atoms with Crippen LogP contribution in [0.4, 0.5) is 14.9 Å². The van der Waals surface area contributed by atoms with Gasteiger partial charge in [-0.25, -0.2) is 9.18 Å². The van der Waals surface area contributed by atoms with Crippen LogP contribution in [-0.2, 0) is 14.9 Å². The molecule has 10 heteroatoms. The minimum absolute atomic E-state index is 0.0230. The summed E-state index contributed by atoms with van der Waals surface area (Å²) in [5.41, 5.74) is 1.99. The predicted octanol–water partition coefficient (Wildman–Crippen LogP) is 2.62. The minimum Gasteiger partial charge on any atom is -0.497 e. The smallest absolute Gasteiger partial charge is 0.322 e. The molecule has 1 spiro atoms. The van der Waals surface area contributed by atoms with Gasteiger partial charge in [0.05, 0.1) is 30.9 Å². The van der Waals surface area contributed by atoms with Gasteiger partial charge in [0.25, 0.3) is 0 Å². The number of carbonyl (C=O) groups excluding carboxylic acids is 2. The molecule has 2 aliphatic rings. The lowest BCUT2D eigenvalue weighted by molar-refractivity contribution is -0.144. The van der Waals surface area contributed by atoms with Crippen molar-refractivity contribution in [1.29, 1.82) is 0 Å². The Hall–Kier alpha value is -3.63. The van der Waals surface area contributed by atoms with E-state index in [-0.39, 0.29) is 31.4 Å². The quantitative estimate of drug-likeness (QED) is 0.518. The van der Waals surface area contributed by atoms with Crippen LogP contribution in [0, 0.1) is 5.82 Å². The molecule has 0 unspecified atom stereocenters. The van der Waals surface area contributed by atoms with Gasteiger partial charge in [0.2, 0.25) is 5.91 Å². The number of carbonyl (C=O) groups is 2. The van der Waals surface area contributed by atoms with Crippen molar-refractivity contribution < 1.29 is 28.6 Å². The van der Waals surface area contributed by atoms with Gasteiger partial charge in [-0.1, -0.05) is 12.1 Å². The zero-order chi connectivity index (χ0) is 24.7. The number of fused-ring (bicyclic) bond motifs is 4. The number of halogens is 1. The Balaban J connectivity index is 1.56. The average molecular weight is 483 g/mol. The maximum Gasteiger partial charge on any atom is 0.322 e. The van der Waals surface area contributed by atoms with Crippen LogP contribution in [0.3, 0.4) is 0 Å². The number of hydrogen-bond donors (Lipinski definition) is 3. The second kappa shape index (κ2) is 8.86. The molecule has 1 fully saturated rings. The Bertz CT molecular complexity index is 1290. The van der Waals surface area contributed by atoms with E-state index in [0.29, 0.717) is 24.5 Å². The van der Waals surface area contributed by atoms with E-state index in [2.05, 4.69) is 10.3 Å². The molecule has 3 aromatic rings. The molecule has 0 saturated carbocycles. The molecule has 1 atom stereocenters. The molecule has 3 N–H and O–H groups in total. The summed E-state index contributed by atoms with van der Waals surface area (Å²) in [7, 11) is 3.06. The first kappa shape index (κ1) is 23.1. The molecule has 2 aliphatic heterocycles. The molecule has 3 amide bonds. The van der Waals surface area contributed by atoms with E-state index in [1.54, 1.807) is 24.1 Å². The maximum atomic E-state index is 14.2. The average Bonchev–Trinajstić information content (AvgIpc) is 3.22. The zero-order valence-electron chi connectivity index (χ0n) is 19.5. The first-order valence-corrected chi connectivity index (χ1v) is 11.3. The molecular formula is C25H27FN4O5. The van der Waals surface area contributed by atoms with Crippen molar-refractivity contribution in [3.8, 4) is 5.75 Å². The predicted molar refractivity (Wildman–Crippen MR) is 127 cm³/mol. The summed E-state index contributed by atoms with van der Waals surface area (Å²) in [6.45, 7) is 0.682. The lowest BCUT2D eigenvalue weighted by atomic mass is 9.68. The number of methoxy groups -OCH3 is 2. The van der Waals surface area contributed by atoms with E-state index in [1.165, 1.54) is 24.1 Å². The number of rotatable bonds is 5. The second-order valence-electron chi connectivity index (χ2n) is 9.02. The van der Waals surface area contributed by atoms with Gasteiger partial charge in [0, 0.05) is 49.4 Å². The van der Waals surface area contributed by atoms with Crippen LogP contribution in [0.15, 0.2) is 42.5 Å². The highest BCUT2D eigenvalue weighted by Gasteiger charge is 2.55. The zero-order valence-corrected chi connectivity index (χ0v) is 19.5. The highest BCUT2D eigenvalue weighted by molar-refractivity contribution is 5.93. The largest absolute Gasteiger partial charge is 0.497 e. The van der Waals surface area contributed by atoms with Gasteiger partial charge in [-0.3, -0.25) is 4.79 Å². The monoisotopic (exact) mass is 482 g/mol. The molecule has 1 aromatic heterocycles. The van der Waals surface area contributed by atoms with Crippen LogP contribution in [-0.4, -0.2) is 78.9 Å². The SMILES string of the molecule is COCC(=O)N1CC2(C1)CN(C(=O)Nc1ccccc1F)[C@@H](CO)c1[nH]c3cc(OC)ccc3c12. The molecule has 1 saturated heterocycles. The van der Waals surface area contributed by atoms with E-state index in [1.807, 2.05) is 18.2 Å². The molecule has 5 rings (SSSR count). The van der Waals surface area contributed by atoms with Gasteiger partial charge in [-0.15, -0.1) is 0 Å². The third-order valence-electron chi connectivity index (χ3n) is 6.90. The van der Waals surface area contributed by atoms with E-state index in [0.717, 1.165) is 16.5 Å². The van der Waals surface area contributed by atoms with Crippen molar-refractivity contribution in [2.75, 3.05) is 52.4 Å². The van der Waals surface area contributed by atoms with Crippen molar-refractivity contribution in [2.45, 2.75) is 11.5 Å². The molecule has 35 heavy (non-hydrogen) atoms. The molecule has 184 valence electrons. The number of hydrogen-bond acceptors (Lipinski definition) is 5. The van der Waals surface area contributed by atoms with Gasteiger partial charge in [0.15, 0.2) is 0 Å². The number of nitrogens with zero attached hydrogens (tertiary/aromatic N) is 2. The summed E-state index contributed by atoms with van der Waals surface area (Å²) in [6.07, 6.45) is 0. The van der Waals surface area contributed by atoms with Crippen molar-refractivity contribution in [1.82, 2.24) is 14.8 Å².